The summed E-state index contributed by atoms with van der Waals surface area (Å²) in [5.74, 6) is -0.778. The number of ether oxygens (including phenoxy) is 2. The quantitative estimate of drug-likeness (QED) is 0.749. The molecule has 0 heterocycles. The Kier molecular flexibility index (Phi) is 4.69. The molecule has 1 rings (SSSR count). The number of esters is 2. The molecule has 0 radical (unpaired) electrons. The van der Waals surface area contributed by atoms with Crippen molar-refractivity contribution in [3.63, 3.8) is 0 Å². The fraction of sp³-hybridized carbons (Fsp3) is 0.385. The van der Waals surface area contributed by atoms with Crippen LogP contribution in [0.5, 0.6) is 0 Å². The summed E-state index contributed by atoms with van der Waals surface area (Å²) in [6.45, 7) is 3.90. The lowest BCUT2D eigenvalue weighted by Gasteiger charge is -2.10. The van der Waals surface area contributed by atoms with E-state index in [0.29, 0.717) is 17.7 Å². The lowest BCUT2D eigenvalue weighted by Crippen LogP contribution is -2.13. The molecule has 0 bridgehead atoms. The smallest absolute Gasteiger partial charge is 0.338 e. The minimum absolute atomic E-state index is 0.0807. The van der Waals surface area contributed by atoms with Crippen LogP contribution in [-0.4, -0.2) is 25.7 Å². The molecule has 17 heavy (non-hydrogen) atoms. The third-order valence-corrected chi connectivity index (χ3v) is 2.45. The highest BCUT2D eigenvalue weighted by Gasteiger charge is 2.16. The van der Waals surface area contributed by atoms with Gasteiger partial charge < -0.3 is 9.47 Å². The summed E-state index contributed by atoms with van der Waals surface area (Å²) < 4.78 is 9.56. The maximum absolute atomic E-state index is 11.7. The first-order valence-corrected chi connectivity index (χ1v) is 5.42. The molecule has 0 aliphatic carbocycles. The van der Waals surface area contributed by atoms with Crippen LogP contribution in [-0.2, 0) is 20.7 Å². The van der Waals surface area contributed by atoms with Gasteiger partial charge in [-0.05, 0) is 31.0 Å². The summed E-state index contributed by atoms with van der Waals surface area (Å²) in [6, 6.07) is 5.27. The zero-order chi connectivity index (χ0) is 12.8. The molecule has 1 aromatic rings. The van der Waals surface area contributed by atoms with E-state index in [2.05, 4.69) is 4.74 Å². The Morgan fingerprint density at radius 1 is 1.29 bits per heavy atom. The van der Waals surface area contributed by atoms with Crippen molar-refractivity contribution < 1.29 is 19.1 Å². The van der Waals surface area contributed by atoms with Crippen LogP contribution in [0.2, 0.25) is 0 Å². The average Bonchev–Trinajstić information content (AvgIpc) is 2.31. The molecule has 0 spiro atoms. The molecule has 0 amide bonds. The minimum Gasteiger partial charge on any atom is -0.469 e. The maximum atomic E-state index is 11.7. The Hall–Kier alpha value is -1.84. The van der Waals surface area contributed by atoms with Gasteiger partial charge in [-0.3, -0.25) is 4.79 Å². The largest absolute Gasteiger partial charge is 0.469 e. The summed E-state index contributed by atoms with van der Waals surface area (Å²) in [4.78, 5) is 23.0. The van der Waals surface area contributed by atoms with E-state index in [1.165, 1.54) is 7.11 Å². The highest BCUT2D eigenvalue weighted by atomic mass is 16.5. The summed E-state index contributed by atoms with van der Waals surface area (Å²) >= 11 is 0. The molecule has 0 N–H and O–H groups in total. The Bertz CT molecular complexity index is 423. The SMILES string of the molecule is CCOC(=O)c1cccc(C)c1CC(=O)OC. The zero-order valence-electron chi connectivity index (χ0n) is 10.3. The molecule has 0 saturated carbocycles. The van der Waals surface area contributed by atoms with Crippen molar-refractivity contribution in [1.82, 2.24) is 0 Å². The van der Waals surface area contributed by atoms with E-state index in [0.717, 1.165) is 5.56 Å². The number of rotatable bonds is 4. The number of benzene rings is 1. The van der Waals surface area contributed by atoms with Crippen molar-refractivity contribution in [3.05, 3.63) is 34.9 Å². The van der Waals surface area contributed by atoms with E-state index in [4.69, 9.17) is 4.74 Å². The van der Waals surface area contributed by atoms with E-state index >= 15 is 0 Å². The van der Waals surface area contributed by atoms with Crippen LogP contribution in [0.3, 0.4) is 0 Å². The fourth-order valence-electron chi connectivity index (χ4n) is 1.55. The second-order valence-electron chi connectivity index (χ2n) is 3.57. The second kappa shape index (κ2) is 6.03. The predicted molar refractivity (Wildman–Crippen MR) is 62.9 cm³/mol. The molecule has 4 nitrogen and oxygen atoms in total. The molecule has 0 aromatic heterocycles. The molecule has 4 heteroatoms. The van der Waals surface area contributed by atoms with Gasteiger partial charge in [-0.1, -0.05) is 12.1 Å². The first-order chi connectivity index (χ1) is 8.10. The number of hydrogen-bond acceptors (Lipinski definition) is 4. The maximum Gasteiger partial charge on any atom is 0.338 e. The van der Waals surface area contributed by atoms with Gasteiger partial charge in [-0.15, -0.1) is 0 Å². The van der Waals surface area contributed by atoms with Crippen LogP contribution < -0.4 is 0 Å². The first-order valence-electron chi connectivity index (χ1n) is 5.42. The van der Waals surface area contributed by atoms with E-state index in [1.54, 1.807) is 19.1 Å². The fourth-order valence-corrected chi connectivity index (χ4v) is 1.55. The van der Waals surface area contributed by atoms with Crippen LogP contribution in [0.1, 0.15) is 28.4 Å². The molecule has 92 valence electrons. The summed E-state index contributed by atoms with van der Waals surface area (Å²) in [5, 5.41) is 0. The van der Waals surface area contributed by atoms with Gasteiger partial charge in [0, 0.05) is 0 Å². The van der Waals surface area contributed by atoms with Gasteiger partial charge in [-0.25, -0.2) is 4.79 Å². The van der Waals surface area contributed by atoms with Crippen molar-refractivity contribution in [2.45, 2.75) is 20.3 Å². The third-order valence-electron chi connectivity index (χ3n) is 2.45. The van der Waals surface area contributed by atoms with Crippen LogP contribution >= 0.6 is 0 Å². The topological polar surface area (TPSA) is 52.6 Å². The lowest BCUT2D eigenvalue weighted by atomic mass is 9.99. The Morgan fingerprint density at radius 2 is 2.00 bits per heavy atom. The number of methoxy groups -OCH3 is 1. The second-order valence-corrected chi connectivity index (χ2v) is 3.57. The van der Waals surface area contributed by atoms with Crippen molar-refractivity contribution in [2.75, 3.05) is 13.7 Å². The van der Waals surface area contributed by atoms with Crippen molar-refractivity contribution in [2.24, 2.45) is 0 Å². The molecular formula is C13H16O4. The third kappa shape index (κ3) is 3.31. The molecule has 0 saturated heterocycles. The van der Waals surface area contributed by atoms with Crippen molar-refractivity contribution in [3.8, 4) is 0 Å². The van der Waals surface area contributed by atoms with Gasteiger partial charge in [0.2, 0.25) is 0 Å². The van der Waals surface area contributed by atoms with Crippen molar-refractivity contribution in [1.29, 1.82) is 0 Å². The van der Waals surface area contributed by atoms with E-state index in [-0.39, 0.29) is 12.4 Å². The summed E-state index contributed by atoms with van der Waals surface area (Å²) in [5.41, 5.74) is 1.97. The number of carbonyl (C=O) groups is 2. The van der Waals surface area contributed by atoms with E-state index < -0.39 is 5.97 Å². The van der Waals surface area contributed by atoms with Gasteiger partial charge in [0.25, 0.3) is 0 Å². The Balaban J connectivity index is 3.08. The van der Waals surface area contributed by atoms with Crippen molar-refractivity contribution >= 4 is 11.9 Å². The van der Waals surface area contributed by atoms with Crippen LogP contribution in [0.15, 0.2) is 18.2 Å². The number of aryl methyl sites for hydroxylation is 1. The molecule has 0 unspecified atom stereocenters. The molecule has 0 aliphatic heterocycles. The highest BCUT2D eigenvalue weighted by Crippen LogP contribution is 2.16. The van der Waals surface area contributed by atoms with Gasteiger partial charge in [0.1, 0.15) is 0 Å². The van der Waals surface area contributed by atoms with Crippen LogP contribution in [0, 0.1) is 6.92 Å². The normalized spacial score (nSPS) is 9.82. The van der Waals surface area contributed by atoms with E-state index in [9.17, 15) is 9.59 Å². The molecule has 0 fully saturated rings. The predicted octanol–water partition coefficient (Wildman–Crippen LogP) is 1.89. The average molecular weight is 236 g/mol. The standard InChI is InChI=1S/C13H16O4/c1-4-17-13(15)10-7-5-6-9(2)11(10)8-12(14)16-3/h5-7H,4,8H2,1-3H3. The summed E-state index contributed by atoms with van der Waals surface area (Å²) in [6.07, 6.45) is 0.0807. The monoisotopic (exact) mass is 236 g/mol. The van der Waals surface area contributed by atoms with E-state index in [1.807, 2.05) is 13.0 Å². The molecular weight excluding hydrogens is 220 g/mol. The minimum atomic E-state index is -0.407. The zero-order valence-corrected chi connectivity index (χ0v) is 10.3. The highest BCUT2D eigenvalue weighted by molar-refractivity contribution is 5.93. The van der Waals surface area contributed by atoms with Gasteiger partial charge in [0.15, 0.2) is 0 Å². The molecule has 1 aromatic carbocycles. The van der Waals surface area contributed by atoms with Gasteiger partial charge in [0.05, 0.1) is 25.7 Å². The van der Waals surface area contributed by atoms with Gasteiger partial charge >= 0.3 is 11.9 Å². The first kappa shape index (κ1) is 13.2. The Morgan fingerprint density at radius 3 is 2.59 bits per heavy atom. The Labute approximate surface area is 101 Å². The number of hydrogen-bond donors (Lipinski definition) is 0. The number of carbonyl (C=O) groups excluding carboxylic acids is 2. The molecule has 0 atom stereocenters. The molecule has 0 aliphatic rings. The van der Waals surface area contributed by atoms with Crippen LogP contribution in [0.25, 0.3) is 0 Å². The van der Waals surface area contributed by atoms with Crippen LogP contribution in [0.4, 0.5) is 0 Å². The lowest BCUT2D eigenvalue weighted by molar-refractivity contribution is -0.139. The summed E-state index contributed by atoms with van der Waals surface area (Å²) in [7, 11) is 1.32. The van der Waals surface area contributed by atoms with Gasteiger partial charge in [-0.2, -0.15) is 0 Å².